The van der Waals surface area contributed by atoms with Gasteiger partial charge < -0.3 is 20.1 Å². The number of likely N-dealkylation sites (tertiary alicyclic amines) is 1. The maximum Gasteiger partial charge on any atom is 0.262 e. The van der Waals surface area contributed by atoms with Gasteiger partial charge in [0.1, 0.15) is 39.9 Å². The number of pyridine rings is 1. The lowest BCUT2D eigenvalue weighted by Crippen LogP contribution is -2.35. The lowest BCUT2D eigenvalue weighted by molar-refractivity contribution is 0.0998. The predicted molar refractivity (Wildman–Crippen MR) is 162 cm³/mol. The summed E-state index contributed by atoms with van der Waals surface area (Å²) in [5, 5.41) is 1.21. The minimum Gasteiger partial charge on any atom is -0.489 e. The van der Waals surface area contributed by atoms with Gasteiger partial charge in [0.05, 0.1) is 16.1 Å². The number of amides is 1. The highest BCUT2D eigenvalue weighted by Gasteiger charge is 2.24. The number of piperidine rings is 1. The van der Waals surface area contributed by atoms with Crippen molar-refractivity contribution in [2.24, 2.45) is 5.73 Å². The second-order valence-corrected chi connectivity index (χ2v) is 11.8. The van der Waals surface area contributed by atoms with E-state index in [9.17, 15) is 9.18 Å². The first kappa shape index (κ1) is 28.1. The number of rotatable bonds is 8. The largest absolute Gasteiger partial charge is 0.489 e. The van der Waals surface area contributed by atoms with E-state index < -0.39 is 18.0 Å². The summed E-state index contributed by atoms with van der Waals surface area (Å²) in [7, 11) is 2.11. The number of carbonyl (C=O) groups is 1. The van der Waals surface area contributed by atoms with Gasteiger partial charge in [0, 0.05) is 36.5 Å². The monoisotopic (exact) mass is 605 g/mol. The van der Waals surface area contributed by atoms with Gasteiger partial charge in [-0.1, -0.05) is 29.8 Å². The molecule has 3 aromatic heterocycles. The van der Waals surface area contributed by atoms with Crippen LogP contribution in [0.1, 0.15) is 41.1 Å². The molecule has 1 saturated heterocycles. The molecule has 1 amide bonds. The van der Waals surface area contributed by atoms with Gasteiger partial charge in [0.25, 0.3) is 5.91 Å². The Hall–Kier alpha value is -3.99. The predicted octanol–water partition coefficient (Wildman–Crippen LogP) is 6.65. The number of ether oxygens (including phenoxy) is 2. The van der Waals surface area contributed by atoms with Crippen LogP contribution >= 0.6 is 22.9 Å². The first-order valence-corrected chi connectivity index (χ1v) is 14.8. The fourth-order valence-corrected chi connectivity index (χ4v) is 6.37. The van der Waals surface area contributed by atoms with Crippen molar-refractivity contribution < 1.29 is 18.7 Å². The number of hydrogen-bond donors (Lipinski definition) is 1. The summed E-state index contributed by atoms with van der Waals surface area (Å²) in [6, 6.07) is 16.2. The van der Waals surface area contributed by atoms with E-state index in [4.69, 9.17) is 26.8 Å². The zero-order valence-corrected chi connectivity index (χ0v) is 24.7. The Morgan fingerprint density at radius 3 is 2.62 bits per heavy atom. The Labute approximate surface area is 251 Å². The van der Waals surface area contributed by atoms with E-state index in [0.29, 0.717) is 21.4 Å². The van der Waals surface area contributed by atoms with Crippen molar-refractivity contribution in [3.63, 3.8) is 0 Å². The van der Waals surface area contributed by atoms with Gasteiger partial charge in [0.2, 0.25) is 5.95 Å². The highest BCUT2D eigenvalue weighted by molar-refractivity contribution is 7.16. The first-order valence-electron chi connectivity index (χ1n) is 13.6. The summed E-state index contributed by atoms with van der Waals surface area (Å²) in [6.45, 7) is 3.84. The number of aromatic nitrogens is 3. The highest BCUT2D eigenvalue weighted by Crippen LogP contribution is 2.39. The van der Waals surface area contributed by atoms with Crippen molar-refractivity contribution >= 4 is 39.9 Å². The maximum atomic E-state index is 13.3. The lowest BCUT2D eigenvalue weighted by atomic mass is 10.1. The number of benzene rings is 2. The van der Waals surface area contributed by atoms with Crippen LogP contribution in [0.15, 0.2) is 67.1 Å². The summed E-state index contributed by atoms with van der Waals surface area (Å²) >= 11 is 8.02. The zero-order valence-electron chi connectivity index (χ0n) is 23.1. The Morgan fingerprint density at radius 1 is 1.10 bits per heavy atom. The van der Waals surface area contributed by atoms with Gasteiger partial charge in [-0.15, -0.1) is 11.3 Å². The molecule has 4 heterocycles. The first-order chi connectivity index (χ1) is 20.3. The summed E-state index contributed by atoms with van der Waals surface area (Å²) in [5.41, 5.74) is 9.71. The average Bonchev–Trinajstić information content (AvgIpc) is 3.59. The molecule has 0 saturated carbocycles. The highest BCUT2D eigenvalue weighted by atomic mass is 35.5. The normalized spacial score (nSPS) is 15.1. The van der Waals surface area contributed by atoms with Crippen LogP contribution in [-0.4, -0.2) is 51.6 Å². The fourth-order valence-electron chi connectivity index (χ4n) is 5.12. The van der Waals surface area contributed by atoms with Gasteiger partial charge in [-0.2, -0.15) is 4.39 Å². The smallest absolute Gasteiger partial charge is 0.262 e. The topological polar surface area (TPSA) is 95.5 Å². The van der Waals surface area contributed by atoms with Crippen LogP contribution in [0.5, 0.6) is 11.5 Å². The number of nitrogens with two attached hydrogens (primary N) is 1. The fraction of sp³-hybridized carbons (Fsp3) is 0.258. The molecule has 1 aliphatic heterocycles. The molecule has 5 aromatic rings. The van der Waals surface area contributed by atoms with Crippen LogP contribution in [0.25, 0.3) is 27.2 Å². The van der Waals surface area contributed by atoms with Crippen molar-refractivity contribution in [1.29, 1.82) is 0 Å². The maximum absolute atomic E-state index is 13.3. The SMILES string of the molecule is C[C@@H](Oc1cc(-n2cnc3cc(-c4ccc(F)nc4)ccc32)sc1C(N)=O)c1cccc(OC2CCN(C)CC2)c1Cl. The standard InChI is InChI=1S/C31H29ClFN5O3S/c1-18(22-4-3-5-25(29(22)32)41-21-10-12-37(2)13-11-21)40-26-15-28(42-30(26)31(34)39)38-17-36-23-14-19(6-8-24(23)38)20-7-9-27(33)35-16-20/h3-9,14-18,21H,10-13H2,1-2H3,(H2,34,39)/t18-/m1/s1. The number of halogens is 2. The average molecular weight is 606 g/mol. The molecular formula is C31H29ClFN5O3S. The van der Waals surface area contributed by atoms with Crippen LogP contribution in [0.2, 0.25) is 5.02 Å². The Balaban J connectivity index is 1.25. The second-order valence-electron chi connectivity index (χ2n) is 10.4. The number of hydrogen-bond acceptors (Lipinski definition) is 7. The van der Waals surface area contributed by atoms with Gasteiger partial charge >= 0.3 is 0 Å². The van der Waals surface area contributed by atoms with Crippen molar-refractivity contribution in [2.45, 2.75) is 32.0 Å². The Kier molecular flexibility index (Phi) is 7.85. The summed E-state index contributed by atoms with van der Waals surface area (Å²) in [6.07, 6.45) is 4.68. The molecule has 42 heavy (non-hydrogen) atoms. The van der Waals surface area contributed by atoms with Crippen molar-refractivity contribution in [3.8, 4) is 27.6 Å². The molecule has 0 spiro atoms. The minimum absolute atomic E-state index is 0.111. The molecule has 216 valence electrons. The van der Waals surface area contributed by atoms with Crippen molar-refractivity contribution in [3.05, 3.63) is 88.5 Å². The lowest BCUT2D eigenvalue weighted by Gasteiger charge is -2.30. The number of nitrogens with zero attached hydrogens (tertiary/aromatic N) is 4. The molecule has 11 heteroatoms. The van der Waals surface area contributed by atoms with Crippen LogP contribution in [-0.2, 0) is 0 Å². The van der Waals surface area contributed by atoms with Gasteiger partial charge in [0.15, 0.2) is 0 Å². The molecule has 1 aliphatic rings. The molecule has 0 aliphatic carbocycles. The van der Waals surface area contributed by atoms with Crippen molar-refractivity contribution in [1.82, 2.24) is 19.4 Å². The molecule has 1 atom stereocenters. The van der Waals surface area contributed by atoms with Crippen molar-refractivity contribution in [2.75, 3.05) is 20.1 Å². The molecule has 2 N–H and O–H groups in total. The summed E-state index contributed by atoms with van der Waals surface area (Å²) in [5.74, 6) is -0.130. The quantitative estimate of drug-likeness (QED) is 0.199. The third-order valence-electron chi connectivity index (χ3n) is 7.45. The van der Waals surface area contributed by atoms with Crippen LogP contribution in [0.4, 0.5) is 4.39 Å². The molecular weight excluding hydrogens is 577 g/mol. The molecule has 0 unspecified atom stereocenters. The molecule has 1 fully saturated rings. The zero-order chi connectivity index (χ0) is 29.4. The Bertz CT molecular complexity index is 1750. The van der Waals surface area contributed by atoms with E-state index in [0.717, 1.165) is 58.7 Å². The molecule has 8 nitrogen and oxygen atoms in total. The van der Waals surface area contributed by atoms with E-state index >= 15 is 0 Å². The summed E-state index contributed by atoms with van der Waals surface area (Å²) in [4.78, 5) is 23.3. The van der Waals surface area contributed by atoms with Gasteiger partial charge in [-0.05, 0) is 62.7 Å². The second kappa shape index (κ2) is 11.7. The van der Waals surface area contributed by atoms with Gasteiger partial charge in [-0.3, -0.25) is 9.36 Å². The molecule has 6 rings (SSSR count). The summed E-state index contributed by atoms with van der Waals surface area (Å²) < 4.78 is 27.7. The van der Waals surface area contributed by atoms with E-state index in [-0.39, 0.29) is 6.10 Å². The van der Waals surface area contributed by atoms with E-state index in [2.05, 4.69) is 21.9 Å². The van der Waals surface area contributed by atoms with E-state index in [1.165, 1.54) is 23.6 Å². The third-order valence-corrected chi connectivity index (χ3v) is 8.98. The number of thiophene rings is 1. The molecule has 0 radical (unpaired) electrons. The number of fused-ring (bicyclic) bond motifs is 1. The van der Waals surface area contributed by atoms with Crippen LogP contribution < -0.4 is 15.2 Å². The van der Waals surface area contributed by atoms with E-state index in [1.807, 2.05) is 47.9 Å². The Morgan fingerprint density at radius 2 is 1.88 bits per heavy atom. The van der Waals surface area contributed by atoms with Crippen LogP contribution in [0, 0.1) is 5.95 Å². The van der Waals surface area contributed by atoms with E-state index in [1.54, 1.807) is 18.5 Å². The molecule has 0 bridgehead atoms. The number of carbonyl (C=O) groups excluding carboxylic acids is 1. The number of primary amides is 1. The van der Waals surface area contributed by atoms with Crippen LogP contribution in [0.3, 0.4) is 0 Å². The third kappa shape index (κ3) is 5.70. The number of imidazole rings is 1. The van der Waals surface area contributed by atoms with Gasteiger partial charge in [-0.25, -0.2) is 9.97 Å². The molecule has 2 aromatic carbocycles. The minimum atomic E-state index is -0.589.